The predicted octanol–water partition coefficient (Wildman–Crippen LogP) is 1.11. The zero-order valence-electron chi connectivity index (χ0n) is 9.97. The topological polar surface area (TPSA) is 66.0 Å². The van der Waals surface area contributed by atoms with E-state index in [0.717, 1.165) is 25.2 Å². The Bertz CT molecular complexity index is 336. The smallest absolute Gasteiger partial charge is 0.162 e. The first kappa shape index (κ1) is 11.5. The first-order chi connectivity index (χ1) is 7.70. The number of ether oxygens (including phenoxy) is 1. The second-order valence-corrected chi connectivity index (χ2v) is 4.80. The lowest BCUT2D eigenvalue weighted by molar-refractivity contribution is 0.0422. The van der Waals surface area contributed by atoms with Gasteiger partial charge in [-0.15, -0.1) is 10.2 Å². The SMILES string of the molecule is CC(C)Cn1cnnc1C1CCC(CN)O1. The molecule has 5 nitrogen and oxygen atoms in total. The summed E-state index contributed by atoms with van der Waals surface area (Å²) in [5.41, 5.74) is 5.60. The summed E-state index contributed by atoms with van der Waals surface area (Å²) in [6.07, 6.45) is 4.08. The monoisotopic (exact) mass is 224 g/mol. The molecule has 90 valence electrons. The van der Waals surface area contributed by atoms with Crippen molar-refractivity contribution in [3.8, 4) is 0 Å². The Morgan fingerprint density at radius 2 is 2.38 bits per heavy atom. The van der Waals surface area contributed by atoms with Gasteiger partial charge in [-0.2, -0.15) is 0 Å². The minimum atomic E-state index is 0.0785. The zero-order valence-corrected chi connectivity index (χ0v) is 9.97. The van der Waals surface area contributed by atoms with Gasteiger partial charge in [0.15, 0.2) is 5.82 Å². The molecule has 1 aliphatic heterocycles. The van der Waals surface area contributed by atoms with Gasteiger partial charge in [0, 0.05) is 13.1 Å². The molecule has 0 bridgehead atoms. The number of hydrogen-bond donors (Lipinski definition) is 1. The first-order valence-electron chi connectivity index (χ1n) is 5.94. The fourth-order valence-corrected chi connectivity index (χ4v) is 2.12. The highest BCUT2D eigenvalue weighted by molar-refractivity contribution is 4.95. The summed E-state index contributed by atoms with van der Waals surface area (Å²) < 4.78 is 7.92. The van der Waals surface area contributed by atoms with Crippen LogP contribution in [0, 0.1) is 5.92 Å². The zero-order chi connectivity index (χ0) is 11.5. The Kier molecular flexibility index (Phi) is 3.56. The summed E-state index contributed by atoms with van der Waals surface area (Å²) in [6.45, 7) is 5.90. The normalized spacial score (nSPS) is 25.5. The predicted molar refractivity (Wildman–Crippen MR) is 60.8 cm³/mol. The second-order valence-electron chi connectivity index (χ2n) is 4.80. The van der Waals surface area contributed by atoms with E-state index < -0.39 is 0 Å². The Labute approximate surface area is 96.0 Å². The van der Waals surface area contributed by atoms with E-state index in [1.54, 1.807) is 6.33 Å². The molecule has 0 saturated carbocycles. The van der Waals surface area contributed by atoms with Gasteiger partial charge in [0.2, 0.25) is 0 Å². The van der Waals surface area contributed by atoms with Crippen LogP contribution in [0.15, 0.2) is 6.33 Å². The van der Waals surface area contributed by atoms with E-state index in [4.69, 9.17) is 10.5 Å². The van der Waals surface area contributed by atoms with Crippen molar-refractivity contribution in [2.75, 3.05) is 6.54 Å². The molecule has 1 aliphatic rings. The summed E-state index contributed by atoms with van der Waals surface area (Å²) in [5.74, 6) is 1.53. The van der Waals surface area contributed by atoms with E-state index in [0.29, 0.717) is 12.5 Å². The van der Waals surface area contributed by atoms with Crippen LogP contribution in [0.2, 0.25) is 0 Å². The van der Waals surface area contributed by atoms with Gasteiger partial charge < -0.3 is 15.0 Å². The van der Waals surface area contributed by atoms with E-state index in [9.17, 15) is 0 Å². The van der Waals surface area contributed by atoms with Crippen LogP contribution in [0.4, 0.5) is 0 Å². The van der Waals surface area contributed by atoms with Gasteiger partial charge in [-0.25, -0.2) is 0 Å². The number of rotatable bonds is 4. The van der Waals surface area contributed by atoms with Crippen molar-refractivity contribution >= 4 is 0 Å². The van der Waals surface area contributed by atoms with Crippen molar-refractivity contribution in [3.63, 3.8) is 0 Å². The van der Waals surface area contributed by atoms with Gasteiger partial charge in [-0.1, -0.05) is 13.8 Å². The van der Waals surface area contributed by atoms with Gasteiger partial charge in [0.1, 0.15) is 12.4 Å². The Hall–Kier alpha value is -0.940. The van der Waals surface area contributed by atoms with Gasteiger partial charge in [0.05, 0.1) is 6.10 Å². The highest BCUT2D eigenvalue weighted by atomic mass is 16.5. The molecule has 0 spiro atoms. The summed E-state index contributed by atoms with van der Waals surface area (Å²) in [6, 6.07) is 0. The molecule has 2 atom stereocenters. The van der Waals surface area contributed by atoms with Crippen molar-refractivity contribution in [1.82, 2.24) is 14.8 Å². The van der Waals surface area contributed by atoms with E-state index in [2.05, 4.69) is 28.6 Å². The largest absolute Gasteiger partial charge is 0.366 e. The number of aromatic nitrogens is 3. The molecule has 2 unspecified atom stereocenters. The van der Waals surface area contributed by atoms with Crippen LogP contribution in [-0.2, 0) is 11.3 Å². The molecule has 0 radical (unpaired) electrons. The van der Waals surface area contributed by atoms with Crippen LogP contribution in [-0.4, -0.2) is 27.4 Å². The van der Waals surface area contributed by atoms with Crippen LogP contribution in [0.3, 0.4) is 0 Å². The molecule has 16 heavy (non-hydrogen) atoms. The maximum absolute atomic E-state index is 5.83. The molecular formula is C11H20N4O. The summed E-state index contributed by atoms with van der Waals surface area (Å²) in [4.78, 5) is 0. The van der Waals surface area contributed by atoms with Crippen molar-refractivity contribution in [1.29, 1.82) is 0 Å². The third-order valence-electron chi connectivity index (χ3n) is 2.87. The molecule has 1 saturated heterocycles. The molecule has 0 aliphatic carbocycles. The Morgan fingerprint density at radius 3 is 3.00 bits per heavy atom. The molecule has 5 heteroatoms. The fraction of sp³-hybridized carbons (Fsp3) is 0.818. The molecule has 0 amide bonds. The van der Waals surface area contributed by atoms with Crippen molar-refractivity contribution in [3.05, 3.63) is 12.2 Å². The molecular weight excluding hydrogens is 204 g/mol. The fourth-order valence-electron chi connectivity index (χ4n) is 2.12. The molecule has 2 heterocycles. The Balaban J connectivity index is 2.06. The lowest BCUT2D eigenvalue weighted by Gasteiger charge is -2.14. The third-order valence-corrected chi connectivity index (χ3v) is 2.87. The Morgan fingerprint density at radius 1 is 1.56 bits per heavy atom. The number of nitrogens with two attached hydrogens (primary N) is 1. The second kappa shape index (κ2) is 4.93. The van der Waals surface area contributed by atoms with Gasteiger partial charge in [-0.3, -0.25) is 0 Å². The first-order valence-corrected chi connectivity index (χ1v) is 5.94. The number of hydrogen-bond acceptors (Lipinski definition) is 4. The lowest BCUT2D eigenvalue weighted by atomic mass is 10.2. The summed E-state index contributed by atoms with van der Waals surface area (Å²) in [7, 11) is 0. The van der Waals surface area contributed by atoms with Crippen molar-refractivity contribution in [2.45, 2.75) is 45.4 Å². The average molecular weight is 224 g/mol. The van der Waals surface area contributed by atoms with Crippen LogP contribution < -0.4 is 5.73 Å². The van der Waals surface area contributed by atoms with Crippen LogP contribution in [0.1, 0.15) is 38.6 Å². The van der Waals surface area contributed by atoms with Crippen LogP contribution in [0.5, 0.6) is 0 Å². The summed E-state index contributed by atoms with van der Waals surface area (Å²) in [5, 5.41) is 8.14. The van der Waals surface area contributed by atoms with Gasteiger partial charge in [-0.05, 0) is 18.8 Å². The highest BCUT2D eigenvalue weighted by Crippen LogP contribution is 2.31. The minimum absolute atomic E-state index is 0.0785. The van der Waals surface area contributed by atoms with Gasteiger partial charge in [0.25, 0.3) is 0 Å². The van der Waals surface area contributed by atoms with E-state index in [1.807, 2.05) is 0 Å². The number of nitrogens with zero attached hydrogens (tertiary/aromatic N) is 3. The van der Waals surface area contributed by atoms with E-state index in [1.165, 1.54) is 0 Å². The highest BCUT2D eigenvalue weighted by Gasteiger charge is 2.29. The molecule has 2 N–H and O–H groups in total. The lowest BCUT2D eigenvalue weighted by Crippen LogP contribution is -2.20. The maximum atomic E-state index is 5.83. The van der Waals surface area contributed by atoms with Crippen molar-refractivity contribution < 1.29 is 4.74 Å². The van der Waals surface area contributed by atoms with Crippen molar-refractivity contribution in [2.24, 2.45) is 11.7 Å². The maximum Gasteiger partial charge on any atom is 0.162 e. The minimum Gasteiger partial charge on any atom is -0.366 e. The average Bonchev–Trinajstić information content (AvgIpc) is 2.84. The molecule has 0 aromatic carbocycles. The van der Waals surface area contributed by atoms with E-state index >= 15 is 0 Å². The molecule has 1 fully saturated rings. The van der Waals surface area contributed by atoms with Crippen LogP contribution >= 0.6 is 0 Å². The quantitative estimate of drug-likeness (QED) is 0.832. The molecule has 1 aromatic heterocycles. The third kappa shape index (κ3) is 2.41. The van der Waals surface area contributed by atoms with Gasteiger partial charge >= 0.3 is 0 Å². The van der Waals surface area contributed by atoms with E-state index in [-0.39, 0.29) is 12.2 Å². The molecule has 2 rings (SSSR count). The van der Waals surface area contributed by atoms with Crippen LogP contribution in [0.25, 0.3) is 0 Å². The standard InChI is InChI=1S/C11H20N4O/c1-8(2)6-15-7-13-14-11(15)10-4-3-9(5-12)16-10/h7-10H,3-6,12H2,1-2H3. The molecule has 1 aromatic rings. The summed E-state index contributed by atoms with van der Waals surface area (Å²) >= 11 is 0.